The van der Waals surface area contributed by atoms with E-state index in [1.165, 1.54) is 12.1 Å². The van der Waals surface area contributed by atoms with Gasteiger partial charge in [0.05, 0.1) is 6.54 Å². The number of carbonyl (C=O) groups excluding carboxylic acids is 3. The number of benzene rings is 1. The Balaban J connectivity index is 3.05. The van der Waals surface area contributed by atoms with Gasteiger partial charge in [-0.05, 0) is 49.4 Å². The minimum absolute atomic E-state index is 0.0571. The predicted octanol–water partition coefficient (Wildman–Crippen LogP) is -0.392. The Morgan fingerprint density at radius 3 is 2.09 bits per heavy atom. The van der Waals surface area contributed by atoms with Crippen LogP contribution in [0.4, 0.5) is 0 Å². The summed E-state index contributed by atoms with van der Waals surface area (Å²) in [6.07, 6.45) is 2.04. The predicted molar refractivity (Wildman–Crippen MR) is 127 cm³/mol. The fraction of sp³-hybridized carbons (Fsp3) is 0.565. The number of carboxylic acids is 1. The van der Waals surface area contributed by atoms with Crippen molar-refractivity contribution >= 4 is 23.7 Å². The Labute approximate surface area is 199 Å². The van der Waals surface area contributed by atoms with Crippen LogP contribution in [0, 0.1) is 5.92 Å². The summed E-state index contributed by atoms with van der Waals surface area (Å²) in [5.41, 5.74) is 11.6. The van der Waals surface area contributed by atoms with E-state index in [0.717, 1.165) is 0 Å². The Bertz CT molecular complexity index is 817. The van der Waals surface area contributed by atoms with Crippen LogP contribution in [-0.2, 0) is 25.6 Å². The molecule has 1 aromatic carbocycles. The molecule has 4 unspecified atom stereocenters. The van der Waals surface area contributed by atoms with E-state index < -0.39 is 41.8 Å². The Morgan fingerprint density at radius 2 is 1.56 bits per heavy atom. The molecule has 0 spiro atoms. The van der Waals surface area contributed by atoms with Gasteiger partial charge in [-0.2, -0.15) is 0 Å². The average molecular weight is 480 g/mol. The third kappa shape index (κ3) is 9.75. The second-order valence-electron chi connectivity index (χ2n) is 8.25. The number of rotatable bonds is 15. The van der Waals surface area contributed by atoms with E-state index in [4.69, 9.17) is 11.5 Å². The van der Waals surface area contributed by atoms with Crippen molar-refractivity contribution in [3.63, 3.8) is 0 Å². The molecule has 0 bridgehead atoms. The zero-order chi connectivity index (χ0) is 25.7. The van der Waals surface area contributed by atoms with Crippen LogP contribution in [0.5, 0.6) is 5.75 Å². The molecule has 0 saturated carbocycles. The van der Waals surface area contributed by atoms with Crippen molar-refractivity contribution in [2.45, 2.75) is 64.1 Å². The lowest BCUT2D eigenvalue weighted by atomic mass is 9.98. The highest BCUT2D eigenvalue weighted by molar-refractivity contribution is 5.93. The van der Waals surface area contributed by atoms with Gasteiger partial charge in [0.1, 0.15) is 23.9 Å². The van der Waals surface area contributed by atoms with Gasteiger partial charge < -0.3 is 37.6 Å². The average Bonchev–Trinajstić information content (AvgIpc) is 2.81. The summed E-state index contributed by atoms with van der Waals surface area (Å²) < 4.78 is 0. The fourth-order valence-corrected chi connectivity index (χ4v) is 3.30. The zero-order valence-electron chi connectivity index (χ0n) is 19.8. The first kappa shape index (κ1) is 28.9. The van der Waals surface area contributed by atoms with Crippen molar-refractivity contribution in [1.29, 1.82) is 0 Å². The molecule has 0 aliphatic heterocycles. The summed E-state index contributed by atoms with van der Waals surface area (Å²) in [7, 11) is 0. The van der Waals surface area contributed by atoms with E-state index >= 15 is 0 Å². The van der Waals surface area contributed by atoms with Crippen LogP contribution >= 0.6 is 0 Å². The molecule has 190 valence electrons. The topological polar surface area (TPSA) is 197 Å². The van der Waals surface area contributed by atoms with Gasteiger partial charge in [0.25, 0.3) is 0 Å². The van der Waals surface area contributed by atoms with E-state index in [-0.39, 0.29) is 31.1 Å². The number of amides is 3. The minimum atomic E-state index is -1.16. The number of carboxylic acid groups (broad SMARTS) is 1. The lowest BCUT2D eigenvalue weighted by molar-refractivity contribution is -0.143. The van der Waals surface area contributed by atoms with Crippen LogP contribution in [0.1, 0.15) is 45.1 Å². The molecule has 34 heavy (non-hydrogen) atoms. The molecular formula is C23H37N5O6. The Hall–Kier alpha value is -3.18. The number of hydrogen-bond acceptors (Lipinski definition) is 7. The van der Waals surface area contributed by atoms with Crippen molar-refractivity contribution in [2.24, 2.45) is 17.4 Å². The lowest BCUT2D eigenvalue weighted by Gasteiger charge is -2.26. The quantitative estimate of drug-likeness (QED) is 0.165. The maximum absolute atomic E-state index is 13.1. The van der Waals surface area contributed by atoms with Crippen molar-refractivity contribution < 1.29 is 29.4 Å². The molecule has 0 aromatic heterocycles. The lowest BCUT2D eigenvalue weighted by Crippen LogP contribution is -2.57. The molecule has 0 saturated heterocycles. The van der Waals surface area contributed by atoms with Crippen LogP contribution < -0.4 is 27.4 Å². The molecule has 4 atom stereocenters. The van der Waals surface area contributed by atoms with Crippen LogP contribution in [-0.4, -0.2) is 65.1 Å². The summed E-state index contributed by atoms with van der Waals surface area (Å²) in [6.45, 7) is 3.62. The molecule has 0 radical (unpaired) electrons. The van der Waals surface area contributed by atoms with Crippen molar-refractivity contribution in [1.82, 2.24) is 16.0 Å². The molecule has 0 heterocycles. The van der Waals surface area contributed by atoms with Crippen LogP contribution in [0.2, 0.25) is 0 Å². The maximum atomic E-state index is 13.1. The number of nitrogens with one attached hydrogen (secondary N) is 3. The number of unbranched alkanes of at least 4 members (excludes halogenated alkanes) is 1. The smallest absolute Gasteiger partial charge is 0.326 e. The number of aromatic hydroxyl groups is 1. The monoisotopic (exact) mass is 479 g/mol. The summed E-state index contributed by atoms with van der Waals surface area (Å²) in [6, 6.07) is 2.99. The van der Waals surface area contributed by atoms with Gasteiger partial charge in [0.15, 0.2) is 0 Å². The van der Waals surface area contributed by atoms with E-state index in [9.17, 15) is 29.4 Å². The van der Waals surface area contributed by atoms with Crippen LogP contribution in [0.15, 0.2) is 24.3 Å². The Morgan fingerprint density at radius 1 is 0.941 bits per heavy atom. The largest absolute Gasteiger partial charge is 0.508 e. The van der Waals surface area contributed by atoms with E-state index in [0.29, 0.717) is 31.4 Å². The van der Waals surface area contributed by atoms with Gasteiger partial charge in [0.2, 0.25) is 17.7 Å². The first-order valence-corrected chi connectivity index (χ1v) is 11.4. The summed E-state index contributed by atoms with van der Waals surface area (Å²) in [5.74, 6) is -3.19. The minimum Gasteiger partial charge on any atom is -0.508 e. The maximum Gasteiger partial charge on any atom is 0.326 e. The van der Waals surface area contributed by atoms with Crippen LogP contribution in [0.25, 0.3) is 0 Å². The third-order valence-electron chi connectivity index (χ3n) is 5.57. The van der Waals surface area contributed by atoms with Gasteiger partial charge in [-0.1, -0.05) is 32.4 Å². The normalized spacial score (nSPS) is 14.4. The molecule has 1 aromatic rings. The second kappa shape index (κ2) is 14.9. The highest BCUT2D eigenvalue weighted by Crippen LogP contribution is 2.13. The van der Waals surface area contributed by atoms with Gasteiger partial charge in [0, 0.05) is 6.42 Å². The Kier molecular flexibility index (Phi) is 12.6. The van der Waals surface area contributed by atoms with E-state index in [1.54, 1.807) is 19.1 Å². The SMILES string of the molecule is CCC(C)C(NC(=O)C(CCCCN)NC(=O)C(Cc1ccc(O)cc1)NC(=O)CN)C(=O)O. The number of aliphatic carboxylic acids is 1. The molecule has 0 aliphatic rings. The first-order valence-electron chi connectivity index (χ1n) is 11.4. The molecular weight excluding hydrogens is 442 g/mol. The van der Waals surface area contributed by atoms with Crippen molar-refractivity contribution in [3.05, 3.63) is 29.8 Å². The number of carbonyl (C=O) groups is 4. The summed E-state index contributed by atoms with van der Waals surface area (Å²) in [4.78, 5) is 49.6. The zero-order valence-corrected chi connectivity index (χ0v) is 19.8. The molecule has 3 amide bonds. The molecule has 11 heteroatoms. The fourth-order valence-electron chi connectivity index (χ4n) is 3.30. The third-order valence-corrected chi connectivity index (χ3v) is 5.57. The summed E-state index contributed by atoms with van der Waals surface area (Å²) in [5, 5.41) is 26.7. The van der Waals surface area contributed by atoms with Gasteiger partial charge >= 0.3 is 5.97 Å². The standard InChI is InChI=1S/C23H37N5O6/c1-3-14(2)20(23(33)34)28-21(31)17(6-4-5-11-24)27-22(32)18(26-19(30)13-25)12-15-7-9-16(29)10-8-15/h7-10,14,17-18,20,29H,3-6,11-13,24-25H2,1-2H3,(H,26,30)(H,27,32)(H,28,31)(H,33,34). The first-order chi connectivity index (χ1) is 16.1. The molecule has 0 aliphatic carbocycles. The number of hydrogen-bond donors (Lipinski definition) is 7. The molecule has 1 rings (SSSR count). The van der Waals surface area contributed by atoms with E-state index in [1.807, 2.05) is 6.92 Å². The van der Waals surface area contributed by atoms with Gasteiger partial charge in [-0.25, -0.2) is 4.79 Å². The molecule has 11 nitrogen and oxygen atoms in total. The summed E-state index contributed by atoms with van der Waals surface area (Å²) >= 11 is 0. The number of phenolic OH excluding ortho intramolecular Hbond substituents is 1. The van der Waals surface area contributed by atoms with Gasteiger partial charge in [-0.3, -0.25) is 14.4 Å². The number of phenols is 1. The molecule has 0 fully saturated rings. The molecule has 9 N–H and O–H groups in total. The van der Waals surface area contributed by atoms with Crippen molar-refractivity contribution in [3.8, 4) is 5.75 Å². The van der Waals surface area contributed by atoms with Crippen molar-refractivity contribution in [2.75, 3.05) is 13.1 Å². The highest BCUT2D eigenvalue weighted by Gasteiger charge is 2.31. The van der Waals surface area contributed by atoms with Crippen LogP contribution in [0.3, 0.4) is 0 Å². The second-order valence-corrected chi connectivity index (χ2v) is 8.25. The van der Waals surface area contributed by atoms with E-state index in [2.05, 4.69) is 16.0 Å². The van der Waals surface area contributed by atoms with Gasteiger partial charge in [-0.15, -0.1) is 0 Å². The number of nitrogens with two attached hydrogens (primary N) is 2. The highest BCUT2D eigenvalue weighted by atomic mass is 16.4.